The normalized spacial score (nSPS) is 13.9. The minimum Gasteiger partial charge on any atom is -0.371 e. The van der Waals surface area contributed by atoms with Crippen LogP contribution in [0.5, 0.6) is 0 Å². The molecule has 1 fully saturated rings. The van der Waals surface area contributed by atoms with Gasteiger partial charge in [0.15, 0.2) is 0 Å². The van der Waals surface area contributed by atoms with Gasteiger partial charge in [0.2, 0.25) is 0 Å². The molecule has 0 saturated carbocycles. The molecule has 1 aliphatic heterocycles. The molecule has 0 aromatic heterocycles. The minimum atomic E-state index is -0.255. The zero-order valence-electron chi connectivity index (χ0n) is 12.9. The lowest BCUT2D eigenvalue weighted by Gasteiger charge is -2.19. The first-order valence-electron chi connectivity index (χ1n) is 7.85. The maximum Gasteiger partial charge on any atom is 0.319 e. The smallest absolute Gasteiger partial charge is 0.319 e. The molecule has 0 bridgehead atoms. The van der Waals surface area contributed by atoms with E-state index in [-0.39, 0.29) is 6.03 Å². The summed E-state index contributed by atoms with van der Waals surface area (Å²) in [5.74, 6) is 0. The van der Waals surface area contributed by atoms with Crippen LogP contribution in [-0.2, 0) is 6.54 Å². The van der Waals surface area contributed by atoms with Gasteiger partial charge >= 0.3 is 6.03 Å². The van der Waals surface area contributed by atoms with Gasteiger partial charge in [0.1, 0.15) is 0 Å². The van der Waals surface area contributed by atoms with Gasteiger partial charge in [-0.25, -0.2) is 4.79 Å². The number of hydrogen-bond donors (Lipinski definition) is 2. The van der Waals surface area contributed by atoms with Crippen LogP contribution in [0.2, 0.25) is 5.02 Å². The monoisotopic (exact) mass is 329 g/mol. The van der Waals surface area contributed by atoms with Crippen molar-refractivity contribution in [3.8, 4) is 0 Å². The van der Waals surface area contributed by atoms with E-state index in [4.69, 9.17) is 11.6 Å². The second-order valence-corrected chi connectivity index (χ2v) is 6.06. The molecule has 0 atom stereocenters. The van der Waals surface area contributed by atoms with Crippen LogP contribution < -0.4 is 15.5 Å². The van der Waals surface area contributed by atoms with E-state index in [1.807, 2.05) is 48.5 Å². The third-order valence-corrected chi connectivity index (χ3v) is 4.29. The average Bonchev–Trinajstić information content (AvgIpc) is 3.10. The van der Waals surface area contributed by atoms with Crippen LogP contribution >= 0.6 is 11.6 Å². The Morgan fingerprint density at radius 1 is 1.09 bits per heavy atom. The highest BCUT2D eigenvalue weighted by Crippen LogP contribution is 2.29. The highest BCUT2D eigenvalue weighted by atomic mass is 35.5. The summed E-state index contributed by atoms with van der Waals surface area (Å²) in [6.45, 7) is 2.60. The number of carbonyl (C=O) groups excluding carboxylic acids is 1. The van der Waals surface area contributed by atoms with Crippen LogP contribution in [0.4, 0.5) is 16.2 Å². The van der Waals surface area contributed by atoms with Crippen LogP contribution in [0.1, 0.15) is 18.4 Å². The number of anilines is 2. The van der Waals surface area contributed by atoms with Crippen molar-refractivity contribution >= 4 is 29.0 Å². The molecule has 0 spiro atoms. The number of nitrogens with zero attached hydrogens (tertiary/aromatic N) is 1. The average molecular weight is 330 g/mol. The quantitative estimate of drug-likeness (QED) is 0.880. The second kappa shape index (κ2) is 7.38. The van der Waals surface area contributed by atoms with Gasteiger partial charge in [-0.3, -0.25) is 0 Å². The Hall–Kier alpha value is -2.20. The van der Waals surface area contributed by atoms with Crippen LogP contribution in [0.25, 0.3) is 0 Å². The predicted molar refractivity (Wildman–Crippen MR) is 95.2 cm³/mol. The standard InChI is InChI=1S/C18H20ClN3O/c19-16-9-8-15(22-10-4-5-11-22)12-17(16)21-18(23)20-13-14-6-2-1-3-7-14/h1-3,6-9,12H,4-5,10-11,13H2,(H2,20,21,23). The van der Waals surface area contributed by atoms with Crippen molar-refractivity contribution in [1.29, 1.82) is 0 Å². The van der Waals surface area contributed by atoms with Crippen LogP contribution in [0.3, 0.4) is 0 Å². The predicted octanol–water partition coefficient (Wildman–Crippen LogP) is 4.26. The summed E-state index contributed by atoms with van der Waals surface area (Å²) in [6.07, 6.45) is 2.42. The molecule has 2 aromatic rings. The van der Waals surface area contributed by atoms with Gasteiger partial charge in [0, 0.05) is 25.3 Å². The lowest BCUT2D eigenvalue weighted by atomic mass is 10.2. The number of carbonyl (C=O) groups is 1. The molecule has 23 heavy (non-hydrogen) atoms. The van der Waals surface area contributed by atoms with E-state index < -0.39 is 0 Å². The number of urea groups is 1. The number of amides is 2. The number of benzene rings is 2. The maximum absolute atomic E-state index is 12.1. The van der Waals surface area contributed by atoms with Crippen LogP contribution in [0.15, 0.2) is 48.5 Å². The Balaban J connectivity index is 1.62. The zero-order chi connectivity index (χ0) is 16.1. The molecule has 120 valence electrons. The fourth-order valence-corrected chi connectivity index (χ4v) is 2.89. The van der Waals surface area contributed by atoms with Gasteiger partial charge in [-0.15, -0.1) is 0 Å². The van der Waals surface area contributed by atoms with E-state index >= 15 is 0 Å². The Bertz CT molecular complexity index is 669. The van der Waals surface area contributed by atoms with Gasteiger partial charge < -0.3 is 15.5 Å². The molecule has 0 radical (unpaired) electrons. The van der Waals surface area contributed by atoms with E-state index in [0.717, 1.165) is 24.3 Å². The van der Waals surface area contributed by atoms with Crippen LogP contribution in [0, 0.1) is 0 Å². The molecule has 4 nitrogen and oxygen atoms in total. The summed E-state index contributed by atoms with van der Waals surface area (Å²) >= 11 is 6.20. The molecule has 5 heteroatoms. The molecule has 1 saturated heterocycles. The Morgan fingerprint density at radius 2 is 1.83 bits per heavy atom. The Labute approximate surface area is 141 Å². The first-order chi connectivity index (χ1) is 11.2. The molecule has 3 rings (SSSR count). The Morgan fingerprint density at radius 3 is 2.57 bits per heavy atom. The molecule has 1 aliphatic rings. The molecule has 1 heterocycles. The lowest BCUT2D eigenvalue weighted by Crippen LogP contribution is -2.28. The molecule has 2 amide bonds. The fourth-order valence-electron chi connectivity index (χ4n) is 2.73. The van der Waals surface area contributed by atoms with Crippen molar-refractivity contribution in [3.05, 3.63) is 59.1 Å². The highest BCUT2D eigenvalue weighted by Gasteiger charge is 2.14. The zero-order valence-corrected chi connectivity index (χ0v) is 13.6. The topological polar surface area (TPSA) is 44.4 Å². The van der Waals surface area contributed by atoms with Crippen molar-refractivity contribution in [1.82, 2.24) is 5.32 Å². The van der Waals surface area contributed by atoms with Crippen LogP contribution in [-0.4, -0.2) is 19.1 Å². The summed E-state index contributed by atoms with van der Waals surface area (Å²) in [6, 6.07) is 15.3. The number of hydrogen-bond acceptors (Lipinski definition) is 2. The first kappa shape index (κ1) is 15.7. The summed E-state index contributed by atoms with van der Waals surface area (Å²) in [5.41, 5.74) is 2.80. The van der Waals surface area contributed by atoms with E-state index in [1.54, 1.807) is 0 Å². The van der Waals surface area contributed by atoms with E-state index in [2.05, 4.69) is 15.5 Å². The Kier molecular flexibility index (Phi) is 5.03. The largest absolute Gasteiger partial charge is 0.371 e. The number of halogens is 1. The van der Waals surface area contributed by atoms with Gasteiger partial charge in [-0.05, 0) is 36.6 Å². The summed E-state index contributed by atoms with van der Waals surface area (Å²) < 4.78 is 0. The number of rotatable bonds is 4. The van der Waals surface area contributed by atoms with E-state index in [0.29, 0.717) is 17.3 Å². The van der Waals surface area contributed by atoms with Gasteiger partial charge in [0.25, 0.3) is 0 Å². The molecule has 0 unspecified atom stereocenters. The third kappa shape index (κ3) is 4.17. The summed E-state index contributed by atoms with van der Waals surface area (Å²) in [4.78, 5) is 14.4. The van der Waals surface area contributed by atoms with Gasteiger partial charge in [0.05, 0.1) is 10.7 Å². The van der Waals surface area contributed by atoms with E-state index in [1.165, 1.54) is 12.8 Å². The highest BCUT2D eigenvalue weighted by molar-refractivity contribution is 6.33. The lowest BCUT2D eigenvalue weighted by molar-refractivity contribution is 0.251. The van der Waals surface area contributed by atoms with Gasteiger partial charge in [-0.1, -0.05) is 41.9 Å². The minimum absolute atomic E-state index is 0.255. The van der Waals surface area contributed by atoms with Crippen molar-refractivity contribution in [3.63, 3.8) is 0 Å². The summed E-state index contributed by atoms with van der Waals surface area (Å²) in [7, 11) is 0. The molecule has 2 aromatic carbocycles. The SMILES string of the molecule is O=C(NCc1ccccc1)Nc1cc(N2CCCC2)ccc1Cl. The molecule has 0 aliphatic carbocycles. The van der Waals surface area contributed by atoms with Gasteiger partial charge in [-0.2, -0.15) is 0 Å². The molecule has 2 N–H and O–H groups in total. The van der Waals surface area contributed by atoms with Crippen molar-refractivity contribution in [2.24, 2.45) is 0 Å². The second-order valence-electron chi connectivity index (χ2n) is 5.65. The molecular weight excluding hydrogens is 310 g/mol. The number of nitrogens with one attached hydrogen (secondary N) is 2. The van der Waals surface area contributed by atoms with Crippen molar-refractivity contribution in [2.75, 3.05) is 23.3 Å². The van der Waals surface area contributed by atoms with E-state index in [9.17, 15) is 4.79 Å². The third-order valence-electron chi connectivity index (χ3n) is 3.97. The molecular formula is C18H20ClN3O. The van der Waals surface area contributed by atoms with Crippen molar-refractivity contribution < 1.29 is 4.79 Å². The first-order valence-corrected chi connectivity index (χ1v) is 8.23. The summed E-state index contributed by atoms with van der Waals surface area (Å²) in [5, 5.41) is 6.22. The fraction of sp³-hybridized carbons (Fsp3) is 0.278. The van der Waals surface area contributed by atoms with Crippen molar-refractivity contribution in [2.45, 2.75) is 19.4 Å². The maximum atomic E-state index is 12.1.